The Kier molecular flexibility index (Phi) is 4.35. The lowest BCUT2D eigenvalue weighted by molar-refractivity contribution is 0.1000. The molecule has 0 aromatic carbocycles. The van der Waals surface area contributed by atoms with Crippen LogP contribution in [0.3, 0.4) is 0 Å². The summed E-state index contributed by atoms with van der Waals surface area (Å²) in [5.74, 6) is 0.807. The van der Waals surface area contributed by atoms with Crippen LogP contribution < -0.4 is 11.5 Å². The van der Waals surface area contributed by atoms with E-state index in [0.29, 0.717) is 11.6 Å². The first-order chi connectivity index (χ1) is 9.09. The third kappa shape index (κ3) is 3.22. The van der Waals surface area contributed by atoms with Gasteiger partial charge in [0.1, 0.15) is 17.2 Å². The molecule has 1 amide bonds. The number of aromatic nitrogens is 2. The molecular weight excluding hydrogens is 240 g/mol. The highest BCUT2D eigenvalue weighted by atomic mass is 16.1. The Morgan fingerprint density at radius 2 is 1.68 bits per heavy atom. The van der Waals surface area contributed by atoms with Crippen molar-refractivity contribution in [3.05, 3.63) is 17.1 Å². The molecule has 1 aromatic rings. The Bertz CT molecular complexity index is 442. The molecule has 19 heavy (non-hydrogen) atoms. The standard InChI is InChI=1S/C14H22N4O/c1-9-11(13(16)19)12(15)18-14(17-9)10-7-5-3-2-4-6-8-10/h10H,2-8H2,1H3,(H2,16,19)(H2,15,17,18). The average molecular weight is 262 g/mol. The quantitative estimate of drug-likeness (QED) is 0.854. The minimum atomic E-state index is -0.556. The minimum absolute atomic E-state index is 0.219. The largest absolute Gasteiger partial charge is 0.383 e. The second-order valence-electron chi connectivity index (χ2n) is 5.33. The normalized spacial score (nSPS) is 17.7. The van der Waals surface area contributed by atoms with E-state index in [-0.39, 0.29) is 11.4 Å². The van der Waals surface area contributed by atoms with Crippen molar-refractivity contribution < 1.29 is 4.79 Å². The number of primary amides is 1. The number of carbonyl (C=O) groups is 1. The fourth-order valence-corrected chi connectivity index (χ4v) is 2.82. The van der Waals surface area contributed by atoms with Gasteiger partial charge in [-0.05, 0) is 19.8 Å². The van der Waals surface area contributed by atoms with Crippen LogP contribution in [-0.4, -0.2) is 15.9 Å². The lowest BCUT2D eigenvalue weighted by atomic mass is 9.90. The molecular formula is C14H22N4O. The lowest BCUT2D eigenvalue weighted by Gasteiger charge is -2.19. The first-order valence-electron chi connectivity index (χ1n) is 7.03. The zero-order valence-electron chi connectivity index (χ0n) is 11.5. The van der Waals surface area contributed by atoms with E-state index >= 15 is 0 Å². The van der Waals surface area contributed by atoms with Gasteiger partial charge in [0.15, 0.2) is 0 Å². The number of nitrogens with zero attached hydrogens (tertiary/aromatic N) is 2. The topological polar surface area (TPSA) is 94.9 Å². The number of rotatable bonds is 2. The van der Waals surface area contributed by atoms with Crippen molar-refractivity contribution in [2.75, 3.05) is 5.73 Å². The molecule has 2 rings (SSSR count). The van der Waals surface area contributed by atoms with Gasteiger partial charge in [0, 0.05) is 5.92 Å². The van der Waals surface area contributed by atoms with Gasteiger partial charge in [-0.15, -0.1) is 0 Å². The SMILES string of the molecule is Cc1nc(C2CCCCCCC2)nc(N)c1C(N)=O. The Labute approximate surface area is 113 Å². The summed E-state index contributed by atoms with van der Waals surface area (Å²) in [4.78, 5) is 20.1. The van der Waals surface area contributed by atoms with Crippen molar-refractivity contribution in [1.29, 1.82) is 0 Å². The van der Waals surface area contributed by atoms with E-state index in [0.717, 1.165) is 18.7 Å². The van der Waals surface area contributed by atoms with Crippen LogP contribution in [0.5, 0.6) is 0 Å². The van der Waals surface area contributed by atoms with Gasteiger partial charge in [-0.1, -0.05) is 32.1 Å². The fraction of sp³-hybridized carbons (Fsp3) is 0.643. The molecule has 1 saturated carbocycles. The highest BCUT2D eigenvalue weighted by Crippen LogP contribution is 2.30. The molecule has 5 nitrogen and oxygen atoms in total. The molecule has 0 bridgehead atoms. The zero-order chi connectivity index (χ0) is 13.8. The molecule has 104 valence electrons. The van der Waals surface area contributed by atoms with Gasteiger partial charge < -0.3 is 11.5 Å². The molecule has 5 heteroatoms. The summed E-state index contributed by atoms with van der Waals surface area (Å²) in [5.41, 5.74) is 12.0. The first-order valence-corrected chi connectivity index (χ1v) is 7.03. The number of nitrogen functional groups attached to an aromatic ring is 1. The molecule has 0 atom stereocenters. The van der Waals surface area contributed by atoms with Crippen LogP contribution in [0.25, 0.3) is 0 Å². The first kappa shape index (κ1) is 13.8. The number of aryl methyl sites for hydroxylation is 1. The molecule has 0 spiro atoms. The molecule has 0 aliphatic heterocycles. The van der Waals surface area contributed by atoms with Gasteiger partial charge in [0.25, 0.3) is 5.91 Å². The number of hydrogen-bond donors (Lipinski definition) is 2. The van der Waals surface area contributed by atoms with Gasteiger partial charge in [-0.2, -0.15) is 0 Å². The van der Waals surface area contributed by atoms with E-state index in [1.165, 1.54) is 32.1 Å². The monoisotopic (exact) mass is 262 g/mol. The van der Waals surface area contributed by atoms with Crippen LogP contribution in [0.4, 0.5) is 5.82 Å². The van der Waals surface area contributed by atoms with Gasteiger partial charge in [0.05, 0.1) is 5.69 Å². The second-order valence-corrected chi connectivity index (χ2v) is 5.33. The van der Waals surface area contributed by atoms with Crippen molar-refractivity contribution >= 4 is 11.7 Å². The summed E-state index contributed by atoms with van der Waals surface area (Å²) in [6.45, 7) is 1.77. The maximum atomic E-state index is 11.3. The third-order valence-electron chi connectivity index (χ3n) is 3.85. The lowest BCUT2D eigenvalue weighted by Crippen LogP contribution is -2.19. The van der Waals surface area contributed by atoms with E-state index in [2.05, 4.69) is 9.97 Å². The molecule has 1 heterocycles. The van der Waals surface area contributed by atoms with Crippen molar-refractivity contribution in [3.8, 4) is 0 Å². The number of nitrogens with two attached hydrogens (primary N) is 2. The van der Waals surface area contributed by atoms with Crippen LogP contribution >= 0.6 is 0 Å². The predicted octanol–water partition coefficient (Wildman–Crippen LogP) is 2.29. The van der Waals surface area contributed by atoms with Crippen molar-refractivity contribution in [1.82, 2.24) is 9.97 Å². The van der Waals surface area contributed by atoms with Gasteiger partial charge in [-0.3, -0.25) is 4.79 Å². The van der Waals surface area contributed by atoms with Crippen molar-refractivity contribution in [2.45, 2.75) is 57.8 Å². The smallest absolute Gasteiger partial charge is 0.254 e. The van der Waals surface area contributed by atoms with Gasteiger partial charge >= 0.3 is 0 Å². The molecule has 4 N–H and O–H groups in total. The molecule has 0 saturated heterocycles. The van der Waals surface area contributed by atoms with Gasteiger partial charge in [0.2, 0.25) is 0 Å². The van der Waals surface area contributed by atoms with E-state index in [9.17, 15) is 4.79 Å². The molecule has 1 aliphatic carbocycles. The number of anilines is 1. The average Bonchev–Trinajstić information content (AvgIpc) is 2.26. The molecule has 0 unspecified atom stereocenters. The molecule has 1 aromatic heterocycles. The highest BCUT2D eigenvalue weighted by Gasteiger charge is 2.20. The van der Waals surface area contributed by atoms with Crippen LogP contribution in [0, 0.1) is 6.92 Å². The summed E-state index contributed by atoms with van der Waals surface area (Å²) in [7, 11) is 0. The predicted molar refractivity (Wildman–Crippen MR) is 74.8 cm³/mol. The van der Waals surface area contributed by atoms with Crippen molar-refractivity contribution in [3.63, 3.8) is 0 Å². The Morgan fingerprint density at radius 1 is 1.11 bits per heavy atom. The Morgan fingerprint density at radius 3 is 2.21 bits per heavy atom. The van der Waals surface area contributed by atoms with Gasteiger partial charge in [-0.25, -0.2) is 9.97 Å². The summed E-state index contributed by atoms with van der Waals surface area (Å²) in [6.07, 6.45) is 8.53. The van der Waals surface area contributed by atoms with Crippen molar-refractivity contribution in [2.24, 2.45) is 5.73 Å². The van der Waals surface area contributed by atoms with Crippen LogP contribution in [0.2, 0.25) is 0 Å². The minimum Gasteiger partial charge on any atom is -0.383 e. The summed E-state index contributed by atoms with van der Waals surface area (Å²) < 4.78 is 0. The summed E-state index contributed by atoms with van der Waals surface area (Å²) in [6, 6.07) is 0. The molecule has 1 aliphatic rings. The Balaban J connectivity index is 2.26. The number of amides is 1. The van der Waals surface area contributed by atoms with E-state index in [1.54, 1.807) is 6.92 Å². The van der Waals surface area contributed by atoms with Crippen LogP contribution in [-0.2, 0) is 0 Å². The maximum Gasteiger partial charge on any atom is 0.254 e. The summed E-state index contributed by atoms with van der Waals surface area (Å²) >= 11 is 0. The fourth-order valence-electron chi connectivity index (χ4n) is 2.82. The van der Waals surface area contributed by atoms with Crippen LogP contribution in [0.15, 0.2) is 0 Å². The maximum absolute atomic E-state index is 11.3. The Hall–Kier alpha value is -1.65. The molecule has 0 radical (unpaired) electrons. The second kappa shape index (κ2) is 5.99. The number of carbonyl (C=O) groups excluding carboxylic acids is 1. The van der Waals surface area contributed by atoms with E-state index in [4.69, 9.17) is 11.5 Å². The number of hydrogen-bond acceptors (Lipinski definition) is 4. The molecule has 1 fully saturated rings. The summed E-state index contributed by atoms with van der Waals surface area (Å²) in [5, 5.41) is 0. The highest BCUT2D eigenvalue weighted by molar-refractivity contribution is 5.98. The van der Waals surface area contributed by atoms with E-state index in [1.807, 2.05) is 0 Å². The zero-order valence-corrected chi connectivity index (χ0v) is 11.5. The van der Waals surface area contributed by atoms with Crippen LogP contribution in [0.1, 0.15) is 72.7 Å². The van der Waals surface area contributed by atoms with E-state index < -0.39 is 5.91 Å². The third-order valence-corrected chi connectivity index (χ3v) is 3.85.